The zero-order chi connectivity index (χ0) is 24.0. The van der Waals surface area contributed by atoms with Gasteiger partial charge < -0.3 is 14.6 Å². The molecule has 0 saturated heterocycles. The van der Waals surface area contributed by atoms with Crippen molar-refractivity contribution in [2.45, 2.75) is 58.3 Å². The lowest BCUT2D eigenvalue weighted by molar-refractivity contribution is -0.113. The first kappa shape index (κ1) is 25.3. The lowest BCUT2D eigenvalue weighted by Gasteiger charge is -2.20. The number of halogens is 1. The van der Waals surface area contributed by atoms with Crippen LogP contribution in [0.1, 0.15) is 58.0 Å². The summed E-state index contributed by atoms with van der Waals surface area (Å²) in [4.78, 5) is 12.5. The molecule has 3 rings (SSSR count). The first-order valence-electron chi connectivity index (χ1n) is 11.1. The van der Waals surface area contributed by atoms with Gasteiger partial charge in [-0.15, -0.1) is 10.2 Å². The van der Waals surface area contributed by atoms with Crippen molar-refractivity contribution in [2.75, 3.05) is 11.1 Å². The number of aromatic nitrogens is 3. The van der Waals surface area contributed by atoms with Gasteiger partial charge in [-0.2, -0.15) is 0 Å². The Bertz CT molecular complexity index is 1070. The number of carbonyl (C=O) groups is 1. The van der Waals surface area contributed by atoms with Crippen LogP contribution in [0.4, 0.5) is 5.69 Å². The summed E-state index contributed by atoms with van der Waals surface area (Å²) in [7, 11) is 0. The van der Waals surface area contributed by atoms with Crippen LogP contribution in [0.15, 0.2) is 58.2 Å². The number of nitrogens with one attached hydrogen (secondary N) is 1. The van der Waals surface area contributed by atoms with Gasteiger partial charge in [-0.3, -0.25) is 4.79 Å². The number of anilines is 1. The first-order chi connectivity index (χ1) is 15.7. The summed E-state index contributed by atoms with van der Waals surface area (Å²) in [6.45, 7) is 11.4. The van der Waals surface area contributed by atoms with Crippen LogP contribution in [0.2, 0.25) is 0 Å². The van der Waals surface area contributed by atoms with E-state index in [0.29, 0.717) is 11.8 Å². The first-order valence-corrected chi connectivity index (χ1v) is 12.9. The molecular weight excluding hydrogens is 500 g/mol. The number of nitrogens with zero attached hydrogens (tertiary/aromatic N) is 3. The molecule has 1 N–H and O–H groups in total. The third-order valence-electron chi connectivity index (χ3n) is 4.96. The summed E-state index contributed by atoms with van der Waals surface area (Å²) in [6.07, 6.45) is -0.276. The molecule has 0 spiro atoms. The molecule has 8 heteroatoms. The van der Waals surface area contributed by atoms with Crippen molar-refractivity contribution in [2.24, 2.45) is 5.92 Å². The van der Waals surface area contributed by atoms with Gasteiger partial charge in [-0.1, -0.05) is 73.6 Å². The maximum Gasteiger partial charge on any atom is 0.234 e. The smallest absolute Gasteiger partial charge is 0.234 e. The monoisotopic (exact) mass is 530 g/mol. The number of hydrogen-bond donors (Lipinski definition) is 1. The molecule has 0 bridgehead atoms. The summed E-state index contributed by atoms with van der Waals surface area (Å²) in [6, 6.07) is 15.6. The fourth-order valence-corrected chi connectivity index (χ4v) is 4.43. The minimum Gasteiger partial charge on any atom is -0.482 e. The molecule has 0 aliphatic carbocycles. The van der Waals surface area contributed by atoms with Crippen molar-refractivity contribution in [1.29, 1.82) is 0 Å². The Labute approximate surface area is 208 Å². The highest BCUT2D eigenvalue weighted by Gasteiger charge is 2.22. The zero-order valence-corrected chi connectivity index (χ0v) is 22.1. The molecule has 1 aromatic heterocycles. The second kappa shape index (κ2) is 11.7. The van der Waals surface area contributed by atoms with Crippen molar-refractivity contribution in [3.05, 3.63) is 64.4 Å². The van der Waals surface area contributed by atoms with Crippen LogP contribution >= 0.6 is 27.7 Å². The highest BCUT2D eigenvalue weighted by Crippen LogP contribution is 2.31. The molecule has 2 aromatic carbocycles. The molecule has 3 aromatic rings. The van der Waals surface area contributed by atoms with Crippen LogP contribution in [-0.2, 0) is 11.3 Å². The van der Waals surface area contributed by atoms with E-state index < -0.39 is 0 Å². The molecule has 0 saturated carbocycles. The van der Waals surface area contributed by atoms with Gasteiger partial charge in [0.05, 0.1) is 5.75 Å². The predicted molar refractivity (Wildman–Crippen MR) is 138 cm³/mol. The Morgan fingerprint density at radius 3 is 2.42 bits per heavy atom. The summed E-state index contributed by atoms with van der Waals surface area (Å²) in [5.41, 5.74) is 1.93. The standard InChI is InChI=1S/C25H31BrN4O2S/c1-16(2)14-30-24(18(5)32-22-9-7-6-8-21(22)17(3)4)28-29-25(30)33-15-23(31)27-20-12-10-19(26)11-13-20/h6-13,16-18H,14-15H2,1-5H3,(H,27,31). The molecule has 6 nitrogen and oxygen atoms in total. The van der Waals surface area contributed by atoms with Gasteiger partial charge >= 0.3 is 0 Å². The molecule has 33 heavy (non-hydrogen) atoms. The highest BCUT2D eigenvalue weighted by molar-refractivity contribution is 9.10. The molecule has 176 valence electrons. The normalized spacial score (nSPS) is 12.2. The summed E-state index contributed by atoms with van der Waals surface area (Å²) in [5.74, 6) is 2.54. The third-order valence-corrected chi connectivity index (χ3v) is 6.46. The minimum absolute atomic E-state index is 0.0851. The van der Waals surface area contributed by atoms with Crippen LogP contribution in [0.3, 0.4) is 0 Å². The van der Waals surface area contributed by atoms with Gasteiger partial charge in [-0.25, -0.2) is 0 Å². The Hall–Kier alpha value is -2.32. The fourth-order valence-electron chi connectivity index (χ4n) is 3.41. The molecule has 1 unspecified atom stereocenters. The molecule has 1 heterocycles. The third kappa shape index (κ3) is 7.08. The number of thioether (sulfide) groups is 1. The molecule has 0 radical (unpaired) electrons. The highest BCUT2D eigenvalue weighted by atomic mass is 79.9. The van der Waals surface area contributed by atoms with Crippen molar-refractivity contribution >= 4 is 39.3 Å². The van der Waals surface area contributed by atoms with E-state index in [0.717, 1.165) is 33.4 Å². The average Bonchev–Trinajstić information content (AvgIpc) is 3.16. The number of benzene rings is 2. The number of para-hydroxylation sites is 1. The average molecular weight is 532 g/mol. The molecule has 0 fully saturated rings. The van der Waals surface area contributed by atoms with E-state index in [1.165, 1.54) is 17.3 Å². The van der Waals surface area contributed by atoms with Gasteiger partial charge in [0.1, 0.15) is 5.75 Å². The van der Waals surface area contributed by atoms with Crippen LogP contribution < -0.4 is 10.1 Å². The van der Waals surface area contributed by atoms with Gasteiger partial charge in [0.25, 0.3) is 0 Å². The van der Waals surface area contributed by atoms with Crippen molar-refractivity contribution in [3.8, 4) is 5.75 Å². The number of amides is 1. The second-order valence-electron chi connectivity index (χ2n) is 8.64. The van der Waals surface area contributed by atoms with Gasteiger partial charge in [-0.05, 0) is 54.7 Å². The fraction of sp³-hybridized carbons (Fsp3) is 0.400. The minimum atomic E-state index is -0.276. The summed E-state index contributed by atoms with van der Waals surface area (Å²) in [5, 5.41) is 12.5. The Morgan fingerprint density at radius 1 is 1.06 bits per heavy atom. The number of ether oxygens (including phenoxy) is 1. The predicted octanol–water partition coefficient (Wildman–Crippen LogP) is 6.69. The van der Waals surface area contributed by atoms with E-state index in [1.807, 2.05) is 49.4 Å². The maximum absolute atomic E-state index is 12.5. The van der Waals surface area contributed by atoms with Crippen LogP contribution in [0.5, 0.6) is 5.75 Å². The maximum atomic E-state index is 12.5. The Kier molecular flexibility index (Phi) is 8.97. The lowest BCUT2D eigenvalue weighted by atomic mass is 10.0. The lowest BCUT2D eigenvalue weighted by Crippen LogP contribution is -2.17. The van der Waals surface area contributed by atoms with Crippen LogP contribution in [0.25, 0.3) is 0 Å². The van der Waals surface area contributed by atoms with Crippen molar-refractivity contribution < 1.29 is 9.53 Å². The van der Waals surface area contributed by atoms with Crippen molar-refractivity contribution in [1.82, 2.24) is 14.8 Å². The van der Waals surface area contributed by atoms with E-state index in [1.54, 1.807) is 0 Å². The van der Waals surface area contributed by atoms with Gasteiger partial charge in [0.2, 0.25) is 5.91 Å². The number of hydrogen-bond acceptors (Lipinski definition) is 5. The molecule has 0 aliphatic rings. The number of rotatable bonds is 10. The topological polar surface area (TPSA) is 69.0 Å². The van der Waals surface area contributed by atoms with Crippen LogP contribution in [-0.4, -0.2) is 26.4 Å². The van der Waals surface area contributed by atoms with Crippen molar-refractivity contribution in [3.63, 3.8) is 0 Å². The zero-order valence-electron chi connectivity index (χ0n) is 19.7. The van der Waals surface area contributed by atoms with E-state index in [4.69, 9.17) is 4.74 Å². The molecule has 0 aliphatic heterocycles. The van der Waals surface area contributed by atoms with E-state index in [9.17, 15) is 4.79 Å². The molecule has 1 amide bonds. The SMILES string of the molecule is CC(C)Cn1c(SCC(=O)Nc2ccc(Br)cc2)nnc1C(C)Oc1ccccc1C(C)C. The number of carbonyl (C=O) groups excluding carboxylic acids is 1. The molecule has 1 atom stereocenters. The van der Waals surface area contributed by atoms with E-state index in [2.05, 4.69) is 69.8 Å². The second-order valence-corrected chi connectivity index (χ2v) is 10.5. The van der Waals surface area contributed by atoms with Gasteiger partial charge in [0.15, 0.2) is 17.1 Å². The summed E-state index contributed by atoms with van der Waals surface area (Å²) < 4.78 is 9.37. The van der Waals surface area contributed by atoms with E-state index >= 15 is 0 Å². The molecular formula is C25H31BrN4O2S. The quantitative estimate of drug-likeness (QED) is 0.295. The largest absolute Gasteiger partial charge is 0.482 e. The van der Waals surface area contributed by atoms with E-state index in [-0.39, 0.29) is 17.8 Å². The van der Waals surface area contributed by atoms with Gasteiger partial charge in [0, 0.05) is 16.7 Å². The van der Waals surface area contributed by atoms with Crippen LogP contribution in [0, 0.1) is 5.92 Å². The Morgan fingerprint density at radius 2 is 1.76 bits per heavy atom. The Balaban J connectivity index is 1.72. The summed E-state index contributed by atoms with van der Waals surface area (Å²) >= 11 is 4.79.